The maximum absolute atomic E-state index is 12.7. The summed E-state index contributed by atoms with van der Waals surface area (Å²) in [4.78, 5) is 35.4. The first-order valence-corrected chi connectivity index (χ1v) is 10.7. The standard InChI is InChI=1S/C23H23N7O3/c1-29-19-18(21(32)26-23(29)33)30(13-7-10-14-8-3-2-4-9-14)22(25-19)28-27-17-15-11-5-6-12-16(15)24-20(17)31/h2-6,8-9,11-12,18-19,24,31H,7,10,13H2,1H3,(H,26,32,33). The average Bonchev–Trinajstić information content (AvgIpc) is 3.34. The summed E-state index contributed by atoms with van der Waals surface area (Å²) in [6.07, 6.45) is 0.887. The minimum absolute atomic E-state index is 0.100. The first-order valence-electron chi connectivity index (χ1n) is 10.7. The molecule has 2 aliphatic heterocycles. The number of likely N-dealkylation sites (N-methyl/N-ethyl adjacent to an activating group) is 1. The van der Waals surface area contributed by atoms with Crippen LogP contribution in [0.5, 0.6) is 5.88 Å². The number of nitrogens with one attached hydrogen (secondary N) is 2. The summed E-state index contributed by atoms with van der Waals surface area (Å²) in [6, 6.07) is 16.2. The number of nitrogens with zero attached hydrogens (tertiary/aromatic N) is 5. The number of carbonyl (C=O) groups excluding carboxylic acids is 2. The quantitative estimate of drug-likeness (QED) is 0.522. The predicted molar refractivity (Wildman–Crippen MR) is 122 cm³/mol. The highest BCUT2D eigenvalue weighted by Crippen LogP contribution is 2.35. The average molecular weight is 445 g/mol. The molecule has 10 heteroatoms. The molecular weight excluding hydrogens is 422 g/mol. The van der Waals surface area contributed by atoms with Gasteiger partial charge >= 0.3 is 6.03 Å². The molecule has 3 N–H and O–H groups in total. The monoisotopic (exact) mass is 445 g/mol. The van der Waals surface area contributed by atoms with Crippen LogP contribution in [0.1, 0.15) is 12.0 Å². The van der Waals surface area contributed by atoms with E-state index in [1.54, 1.807) is 11.9 Å². The number of hydrogen-bond acceptors (Lipinski definition) is 7. The molecule has 0 saturated carbocycles. The Morgan fingerprint density at radius 2 is 1.82 bits per heavy atom. The largest absolute Gasteiger partial charge is 0.493 e. The summed E-state index contributed by atoms with van der Waals surface area (Å²) >= 11 is 0. The maximum Gasteiger partial charge on any atom is 0.325 e. The van der Waals surface area contributed by atoms with Gasteiger partial charge in [-0.15, -0.1) is 10.2 Å². The number of H-pyrrole nitrogens is 1. The van der Waals surface area contributed by atoms with E-state index < -0.39 is 24.1 Å². The van der Waals surface area contributed by atoms with Crippen molar-refractivity contribution in [2.45, 2.75) is 25.0 Å². The summed E-state index contributed by atoms with van der Waals surface area (Å²) in [5, 5.41) is 21.9. The second kappa shape index (κ2) is 8.38. The molecule has 2 unspecified atom stereocenters. The molecule has 0 radical (unpaired) electrons. The van der Waals surface area contributed by atoms with Gasteiger partial charge in [0, 0.05) is 19.0 Å². The molecule has 3 aromatic rings. The number of rotatable bonds is 5. The van der Waals surface area contributed by atoms with E-state index in [1.165, 1.54) is 10.5 Å². The van der Waals surface area contributed by atoms with Crippen LogP contribution in [0.15, 0.2) is 69.8 Å². The number of aromatic hydroxyl groups is 1. The van der Waals surface area contributed by atoms with Crippen LogP contribution in [0.25, 0.3) is 10.9 Å². The molecule has 1 saturated heterocycles. The van der Waals surface area contributed by atoms with E-state index in [1.807, 2.05) is 42.5 Å². The predicted octanol–water partition coefficient (Wildman–Crippen LogP) is 3.14. The van der Waals surface area contributed by atoms with Crippen LogP contribution >= 0.6 is 0 Å². The van der Waals surface area contributed by atoms with Gasteiger partial charge in [-0.25, -0.2) is 9.79 Å². The zero-order chi connectivity index (χ0) is 22.9. The molecule has 168 valence electrons. The highest BCUT2D eigenvalue weighted by Gasteiger charge is 2.48. The van der Waals surface area contributed by atoms with Crippen molar-refractivity contribution in [2.24, 2.45) is 15.2 Å². The second-order valence-corrected chi connectivity index (χ2v) is 8.04. The molecule has 0 aliphatic carbocycles. The third-order valence-corrected chi connectivity index (χ3v) is 5.95. The Hall–Kier alpha value is -4.21. The molecule has 1 fully saturated rings. The van der Waals surface area contributed by atoms with Gasteiger partial charge in [-0.2, -0.15) is 0 Å². The zero-order valence-electron chi connectivity index (χ0n) is 18.0. The van der Waals surface area contributed by atoms with Crippen molar-refractivity contribution in [3.05, 3.63) is 60.2 Å². The fourth-order valence-electron chi connectivity index (χ4n) is 4.24. The molecule has 3 heterocycles. The van der Waals surface area contributed by atoms with E-state index in [4.69, 9.17) is 0 Å². The number of para-hydroxylation sites is 1. The number of guanidine groups is 1. The Bertz CT molecular complexity index is 1270. The van der Waals surface area contributed by atoms with Crippen molar-refractivity contribution >= 4 is 34.5 Å². The van der Waals surface area contributed by atoms with E-state index in [-0.39, 0.29) is 11.8 Å². The molecule has 0 spiro atoms. The van der Waals surface area contributed by atoms with Crippen LogP contribution < -0.4 is 5.32 Å². The Morgan fingerprint density at radius 1 is 1.06 bits per heavy atom. The van der Waals surface area contributed by atoms with Crippen LogP contribution in [-0.4, -0.2) is 63.6 Å². The van der Waals surface area contributed by atoms with E-state index >= 15 is 0 Å². The Balaban J connectivity index is 1.43. The molecular formula is C23H23N7O3. The molecule has 10 nitrogen and oxygen atoms in total. The number of azo groups is 1. The number of aromatic amines is 1. The van der Waals surface area contributed by atoms with Crippen LogP contribution in [0.2, 0.25) is 0 Å². The smallest absolute Gasteiger partial charge is 0.325 e. The number of benzene rings is 2. The number of aliphatic imine (C=N–C) groups is 1. The molecule has 1 aromatic heterocycles. The number of urea groups is 1. The molecule has 0 bridgehead atoms. The van der Waals surface area contributed by atoms with E-state index in [2.05, 4.69) is 37.7 Å². The lowest BCUT2D eigenvalue weighted by molar-refractivity contribution is -0.127. The van der Waals surface area contributed by atoms with Gasteiger partial charge < -0.3 is 19.9 Å². The molecule has 2 atom stereocenters. The van der Waals surface area contributed by atoms with Gasteiger partial charge in [-0.05, 0) is 24.5 Å². The molecule has 3 amide bonds. The summed E-state index contributed by atoms with van der Waals surface area (Å²) in [6.45, 7) is 0.503. The number of amides is 3. The third kappa shape index (κ3) is 3.79. The van der Waals surface area contributed by atoms with Gasteiger partial charge in [0.25, 0.3) is 5.91 Å². The van der Waals surface area contributed by atoms with Crippen LogP contribution in [0.3, 0.4) is 0 Å². The number of aryl methyl sites for hydroxylation is 1. The second-order valence-electron chi connectivity index (χ2n) is 8.04. The molecule has 2 aliphatic rings. The lowest BCUT2D eigenvalue weighted by atomic mass is 10.1. The van der Waals surface area contributed by atoms with Gasteiger partial charge in [0.1, 0.15) is 0 Å². The fourth-order valence-corrected chi connectivity index (χ4v) is 4.24. The van der Waals surface area contributed by atoms with Crippen molar-refractivity contribution in [3.8, 4) is 5.88 Å². The molecule has 5 rings (SSSR count). The van der Waals surface area contributed by atoms with Gasteiger partial charge in [-0.3, -0.25) is 10.1 Å². The van der Waals surface area contributed by atoms with Gasteiger partial charge in [0.15, 0.2) is 17.9 Å². The van der Waals surface area contributed by atoms with Crippen LogP contribution in [0.4, 0.5) is 10.5 Å². The van der Waals surface area contributed by atoms with Crippen molar-refractivity contribution in [1.82, 2.24) is 20.1 Å². The minimum atomic E-state index is -0.687. The van der Waals surface area contributed by atoms with Crippen molar-refractivity contribution in [2.75, 3.05) is 13.6 Å². The maximum atomic E-state index is 12.7. The van der Waals surface area contributed by atoms with Crippen LogP contribution in [0, 0.1) is 0 Å². The number of hydrogen-bond donors (Lipinski definition) is 3. The Labute approximate surface area is 189 Å². The fraction of sp³-hybridized carbons (Fsp3) is 0.261. The van der Waals surface area contributed by atoms with Crippen molar-refractivity contribution in [3.63, 3.8) is 0 Å². The van der Waals surface area contributed by atoms with Crippen molar-refractivity contribution < 1.29 is 14.7 Å². The van der Waals surface area contributed by atoms with E-state index in [9.17, 15) is 14.7 Å². The number of imide groups is 1. The summed E-state index contributed by atoms with van der Waals surface area (Å²) in [5.74, 6) is -0.261. The summed E-state index contributed by atoms with van der Waals surface area (Å²) in [7, 11) is 1.59. The van der Waals surface area contributed by atoms with E-state index in [0.29, 0.717) is 12.2 Å². The number of carbonyl (C=O) groups is 2. The lowest BCUT2D eigenvalue weighted by Gasteiger charge is -2.35. The van der Waals surface area contributed by atoms with Gasteiger partial charge in [-0.1, -0.05) is 48.5 Å². The van der Waals surface area contributed by atoms with Gasteiger partial charge in [0.05, 0.1) is 5.52 Å². The van der Waals surface area contributed by atoms with Gasteiger partial charge in [0.2, 0.25) is 11.8 Å². The zero-order valence-corrected chi connectivity index (χ0v) is 18.0. The summed E-state index contributed by atoms with van der Waals surface area (Å²) < 4.78 is 0. The lowest BCUT2D eigenvalue weighted by Crippen LogP contribution is -2.63. The number of aromatic nitrogens is 1. The Kier molecular flexibility index (Phi) is 5.25. The first-order chi connectivity index (χ1) is 16.0. The highest BCUT2D eigenvalue weighted by molar-refractivity contribution is 6.04. The molecule has 2 aromatic carbocycles. The Morgan fingerprint density at radius 3 is 2.64 bits per heavy atom. The first kappa shape index (κ1) is 20.7. The normalized spacial score (nSPS) is 20.5. The SMILES string of the molecule is CN1C(=O)NC(=O)C2C1N=C(N=Nc1c(O)[nH]c3ccccc13)N2CCCc1ccccc1. The van der Waals surface area contributed by atoms with Crippen LogP contribution in [-0.2, 0) is 11.2 Å². The summed E-state index contributed by atoms with van der Waals surface area (Å²) in [5.41, 5.74) is 2.22. The van der Waals surface area contributed by atoms with Crippen molar-refractivity contribution in [1.29, 1.82) is 0 Å². The third-order valence-electron chi connectivity index (χ3n) is 5.95. The van der Waals surface area contributed by atoms with E-state index in [0.717, 1.165) is 23.7 Å². The number of fused-ring (bicyclic) bond motifs is 2. The molecule has 33 heavy (non-hydrogen) atoms. The highest BCUT2D eigenvalue weighted by atomic mass is 16.3. The topological polar surface area (TPSA) is 126 Å². The minimum Gasteiger partial charge on any atom is -0.493 e.